The van der Waals surface area contributed by atoms with Gasteiger partial charge in [-0.05, 0) is 54.4 Å². The van der Waals surface area contributed by atoms with Gasteiger partial charge in [0, 0.05) is 19.2 Å². The lowest BCUT2D eigenvalue weighted by atomic mass is 9.95. The Bertz CT molecular complexity index is 1280. The van der Waals surface area contributed by atoms with Gasteiger partial charge in [0.25, 0.3) is 11.7 Å². The van der Waals surface area contributed by atoms with Crippen molar-refractivity contribution in [1.29, 1.82) is 0 Å². The molecule has 4 rings (SSSR count). The fourth-order valence-electron chi connectivity index (χ4n) is 4.29. The van der Waals surface area contributed by atoms with Gasteiger partial charge in [-0.15, -0.1) is 0 Å². The van der Waals surface area contributed by atoms with Crippen LogP contribution >= 0.6 is 0 Å². The Balaban J connectivity index is 1.65. The molecule has 1 aliphatic rings. The highest BCUT2D eigenvalue weighted by Gasteiger charge is 2.46. The minimum Gasteiger partial charge on any atom is -0.507 e. The Morgan fingerprint density at radius 1 is 0.944 bits per heavy atom. The van der Waals surface area contributed by atoms with Gasteiger partial charge in [0.2, 0.25) is 0 Å². The molecule has 1 N–H and O–H groups in total. The zero-order valence-corrected chi connectivity index (χ0v) is 20.6. The van der Waals surface area contributed by atoms with Crippen molar-refractivity contribution in [3.63, 3.8) is 0 Å². The number of rotatable bonds is 9. The Labute approximate surface area is 210 Å². The molecule has 1 amide bonds. The average molecular weight is 488 g/mol. The van der Waals surface area contributed by atoms with E-state index in [0.29, 0.717) is 29.2 Å². The summed E-state index contributed by atoms with van der Waals surface area (Å²) in [6, 6.07) is 21.2. The molecule has 1 unspecified atom stereocenters. The van der Waals surface area contributed by atoms with Gasteiger partial charge in [0.05, 0.1) is 25.3 Å². The number of Topliss-reactive ketones (excluding diaryl/α,β-unsaturated/α-hetero) is 1. The second-order valence-electron chi connectivity index (χ2n) is 8.56. The van der Waals surface area contributed by atoms with Gasteiger partial charge in [-0.2, -0.15) is 0 Å². The molecule has 0 aliphatic carbocycles. The Morgan fingerprint density at radius 3 is 2.39 bits per heavy atom. The number of nitrogens with zero attached hydrogens (tertiary/aromatic N) is 1. The first-order chi connectivity index (χ1) is 17.4. The molecular formula is C29H29NO6. The van der Waals surface area contributed by atoms with Crippen LogP contribution in [0, 0.1) is 6.92 Å². The van der Waals surface area contributed by atoms with E-state index in [9.17, 15) is 14.7 Å². The number of hydrogen-bond acceptors (Lipinski definition) is 6. The minimum absolute atomic E-state index is 0.0257. The largest absolute Gasteiger partial charge is 0.507 e. The molecular weight excluding hydrogens is 458 g/mol. The van der Waals surface area contributed by atoms with Crippen molar-refractivity contribution in [1.82, 2.24) is 4.90 Å². The fraction of sp³-hybridized carbons (Fsp3) is 0.241. The van der Waals surface area contributed by atoms with Crippen LogP contribution in [0.3, 0.4) is 0 Å². The SMILES string of the molecule is COCCN1C(=O)C(=O)/C(=C(\O)c2ccc(OCc3cccc(C)c3)cc2)C1c1cccc(OC)c1. The molecule has 7 nitrogen and oxygen atoms in total. The molecule has 0 saturated carbocycles. The molecule has 1 heterocycles. The highest BCUT2D eigenvalue weighted by atomic mass is 16.5. The maximum absolute atomic E-state index is 13.1. The highest BCUT2D eigenvalue weighted by Crippen LogP contribution is 2.40. The summed E-state index contributed by atoms with van der Waals surface area (Å²) in [6.07, 6.45) is 0. The maximum atomic E-state index is 13.1. The van der Waals surface area contributed by atoms with Crippen LogP contribution in [0.25, 0.3) is 5.76 Å². The maximum Gasteiger partial charge on any atom is 0.295 e. The van der Waals surface area contributed by atoms with Gasteiger partial charge in [-0.1, -0.05) is 42.0 Å². The number of amides is 1. The molecule has 7 heteroatoms. The van der Waals surface area contributed by atoms with Crippen LogP contribution < -0.4 is 9.47 Å². The van der Waals surface area contributed by atoms with Crippen LogP contribution in [0.5, 0.6) is 11.5 Å². The van der Waals surface area contributed by atoms with Crippen molar-refractivity contribution >= 4 is 17.4 Å². The lowest BCUT2D eigenvalue weighted by Crippen LogP contribution is -2.32. The summed E-state index contributed by atoms with van der Waals surface area (Å²) >= 11 is 0. The second kappa shape index (κ2) is 11.1. The van der Waals surface area contributed by atoms with E-state index in [1.807, 2.05) is 25.1 Å². The lowest BCUT2D eigenvalue weighted by molar-refractivity contribution is -0.140. The minimum atomic E-state index is -0.771. The number of ketones is 1. The van der Waals surface area contributed by atoms with E-state index in [2.05, 4.69) is 6.07 Å². The van der Waals surface area contributed by atoms with E-state index in [1.165, 1.54) is 12.0 Å². The second-order valence-corrected chi connectivity index (χ2v) is 8.56. The summed E-state index contributed by atoms with van der Waals surface area (Å²) in [4.78, 5) is 27.4. The van der Waals surface area contributed by atoms with E-state index >= 15 is 0 Å². The number of methoxy groups -OCH3 is 2. The highest BCUT2D eigenvalue weighted by molar-refractivity contribution is 6.46. The van der Waals surface area contributed by atoms with E-state index in [1.54, 1.807) is 55.6 Å². The van der Waals surface area contributed by atoms with Gasteiger partial charge in [0.15, 0.2) is 0 Å². The van der Waals surface area contributed by atoms with E-state index < -0.39 is 17.7 Å². The normalized spacial score (nSPS) is 16.9. The van der Waals surface area contributed by atoms with Gasteiger partial charge < -0.3 is 24.2 Å². The summed E-state index contributed by atoms with van der Waals surface area (Å²) in [7, 11) is 3.07. The summed E-state index contributed by atoms with van der Waals surface area (Å²) in [5.41, 5.74) is 3.30. The summed E-state index contributed by atoms with van der Waals surface area (Å²) in [5.74, 6) is -0.458. The standard InChI is InChI=1S/C29H29NO6/c1-19-6-4-7-20(16-19)18-36-23-12-10-21(11-13-23)27(31)25-26(22-8-5-9-24(17-22)35-3)30(14-15-34-2)29(33)28(25)32/h4-13,16-17,26,31H,14-15,18H2,1-3H3/b27-25-. The zero-order chi connectivity index (χ0) is 25.7. The molecule has 3 aromatic rings. The quantitative estimate of drug-likeness (QED) is 0.269. The summed E-state index contributed by atoms with van der Waals surface area (Å²) in [5, 5.41) is 11.2. The lowest BCUT2D eigenvalue weighted by Gasteiger charge is -2.25. The molecule has 0 bridgehead atoms. The molecule has 1 aliphatic heterocycles. The van der Waals surface area contributed by atoms with Gasteiger partial charge >= 0.3 is 0 Å². The van der Waals surface area contributed by atoms with Crippen LogP contribution in [-0.4, -0.2) is 49.1 Å². The summed E-state index contributed by atoms with van der Waals surface area (Å²) in [6.45, 7) is 2.89. The van der Waals surface area contributed by atoms with Crippen molar-refractivity contribution < 1.29 is 28.9 Å². The van der Waals surface area contributed by atoms with Crippen molar-refractivity contribution in [2.24, 2.45) is 0 Å². The van der Waals surface area contributed by atoms with Crippen LogP contribution in [0.1, 0.15) is 28.3 Å². The van der Waals surface area contributed by atoms with Crippen LogP contribution in [0.15, 0.2) is 78.4 Å². The molecule has 0 radical (unpaired) electrons. The molecule has 186 valence electrons. The number of aliphatic hydroxyl groups excluding tert-OH is 1. The third-order valence-corrected chi connectivity index (χ3v) is 6.10. The van der Waals surface area contributed by atoms with Gasteiger partial charge in [0.1, 0.15) is 23.9 Å². The smallest absolute Gasteiger partial charge is 0.295 e. The van der Waals surface area contributed by atoms with Crippen LogP contribution in [-0.2, 0) is 20.9 Å². The van der Waals surface area contributed by atoms with Gasteiger partial charge in [-0.25, -0.2) is 0 Å². The topological polar surface area (TPSA) is 85.3 Å². The monoisotopic (exact) mass is 487 g/mol. The first-order valence-electron chi connectivity index (χ1n) is 11.6. The van der Waals surface area contributed by atoms with Crippen molar-refractivity contribution in [2.45, 2.75) is 19.6 Å². The molecule has 1 atom stereocenters. The third kappa shape index (κ3) is 5.26. The third-order valence-electron chi connectivity index (χ3n) is 6.10. The predicted molar refractivity (Wildman–Crippen MR) is 136 cm³/mol. The first-order valence-corrected chi connectivity index (χ1v) is 11.6. The Kier molecular flexibility index (Phi) is 7.71. The van der Waals surface area contributed by atoms with Crippen molar-refractivity contribution in [3.8, 4) is 11.5 Å². The molecule has 3 aromatic carbocycles. The van der Waals surface area contributed by atoms with E-state index in [0.717, 1.165) is 11.1 Å². The molecule has 0 aromatic heterocycles. The van der Waals surface area contributed by atoms with E-state index in [4.69, 9.17) is 14.2 Å². The van der Waals surface area contributed by atoms with E-state index in [-0.39, 0.29) is 24.5 Å². The number of aryl methyl sites for hydroxylation is 1. The molecule has 0 spiro atoms. The Hall–Kier alpha value is -4.10. The van der Waals surface area contributed by atoms with Crippen LogP contribution in [0.4, 0.5) is 0 Å². The number of hydrogen-bond donors (Lipinski definition) is 1. The molecule has 1 saturated heterocycles. The van der Waals surface area contributed by atoms with Crippen molar-refractivity contribution in [3.05, 3.63) is 101 Å². The number of benzene rings is 3. The van der Waals surface area contributed by atoms with Crippen molar-refractivity contribution in [2.75, 3.05) is 27.4 Å². The summed E-state index contributed by atoms with van der Waals surface area (Å²) < 4.78 is 16.4. The van der Waals surface area contributed by atoms with Crippen LogP contribution in [0.2, 0.25) is 0 Å². The Morgan fingerprint density at radius 2 is 1.69 bits per heavy atom. The number of likely N-dealkylation sites (tertiary alicyclic amines) is 1. The first kappa shape index (κ1) is 25.0. The number of carbonyl (C=O) groups is 2. The number of carbonyl (C=O) groups excluding carboxylic acids is 2. The molecule has 36 heavy (non-hydrogen) atoms. The fourth-order valence-corrected chi connectivity index (χ4v) is 4.29. The predicted octanol–water partition coefficient (Wildman–Crippen LogP) is 4.65. The zero-order valence-electron chi connectivity index (χ0n) is 20.6. The number of ether oxygens (including phenoxy) is 3. The van der Waals surface area contributed by atoms with Gasteiger partial charge in [-0.3, -0.25) is 9.59 Å². The molecule has 1 fully saturated rings. The average Bonchev–Trinajstić information content (AvgIpc) is 3.15. The number of aliphatic hydroxyl groups is 1.